The molecule has 0 saturated carbocycles. The summed E-state index contributed by atoms with van der Waals surface area (Å²) >= 11 is 4.47. The van der Waals surface area contributed by atoms with Crippen LogP contribution in [0.25, 0.3) is 10.9 Å². The van der Waals surface area contributed by atoms with E-state index in [0.29, 0.717) is 10.4 Å². The predicted octanol–water partition coefficient (Wildman–Crippen LogP) is 3.46. The normalized spacial score (nSPS) is 12.4. The number of fused-ring (bicyclic) bond motifs is 1. The van der Waals surface area contributed by atoms with Gasteiger partial charge in [0.1, 0.15) is 0 Å². The maximum Gasteiger partial charge on any atom is 0.355 e. The molecule has 2 rings (SSSR count). The van der Waals surface area contributed by atoms with Gasteiger partial charge < -0.3 is 9.84 Å². The second-order valence-corrected chi connectivity index (χ2v) is 5.70. The lowest BCUT2D eigenvalue weighted by atomic mass is 10.1. The van der Waals surface area contributed by atoms with Crippen molar-refractivity contribution < 1.29 is 14.6 Å². The van der Waals surface area contributed by atoms with Crippen LogP contribution in [0, 0.1) is 6.92 Å². The molecular weight excluding hydrogens is 330 g/mol. The fourth-order valence-corrected chi connectivity index (χ4v) is 2.51. The molecule has 1 unspecified atom stereocenters. The van der Waals surface area contributed by atoms with Gasteiger partial charge in [-0.15, -0.1) is 11.8 Å². The quantitative estimate of drug-likeness (QED) is 0.863. The summed E-state index contributed by atoms with van der Waals surface area (Å²) in [7, 11) is 0. The van der Waals surface area contributed by atoms with Gasteiger partial charge in [-0.2, -0.15) is 0 Å². The Hall–Kier alpha value is -1.27. The molecule has 1 aromatic carbocycles. The highest BCUT2D eigenvalue weighted by Crippen LogP contribution is 2.30. The van der Waals surface area contributed by atoms with Crippen LogP contribution in [0.5, 0.6) is 5.88 Å². The second-order valence-electron chi connectivity index (χ2n) is 3.95. The molecule has 6 heteroatoms. The zero-order valence-corrected chi connectivity index (χ0v) is 12.8. The number of carbonyl (C=O) groups is 1. The number of aromatic nitrogens is 1. The molecule has 0 bridgehead atoms. The molecule has 0 aliphatic heterocycles. The van der Waals surface area contributed by atoms with Crippen LogP contribution in [0.1, 0.15) is 5.56 Å². The molecule has 0 aliphatic rings. The Kier molecular flexibility index (Phi) is 4.31. The van der Waals surface area contributed by atoms with E-state index in [2.05, 4.69) is 20.9 Å². The van der Waals surface area contributed by atoms with Crippen LogP contribution in [0.2, 0.25) is 0 Å². The first-order chi connectivity index (χ1) is 9.02. The highest BCUT2D eigenvalue weighted by atomic mass is 79.9. The first kappa shape index (κ1) is 14.1. The van der Waals surface area contributed by atoms with Gasteiger partial charge in [-0.3, -0.25) is 0 Å². The minimum atomic E-state index is -1.02. The number of nitrogens with zero attached hydrogens (tertiary/aromatic N) is 1. The summed E-state index contributed by atoms with van der Waals surface area (Å²) < 4.78 is 6.07. The molecule has 0 fully saturated rings. The SMILES string of the molecule is CSC(Oc1nc2c(C)cccc2cc1Br)C(=O)O. The molecule has 19 heavy (non-hydrogen) atoms. The van der Waals surface area contributed by atoms with E-state index in [9.17, 15) is 4.79 Å². The van der Waals surface area contributed by atoms with E-state index >= 15 is 0 Å². The number of aryl methyl sites for hydroxylation is 1. The highest BCUT2D eigenvalue weighted by Gasteiger charge is 2.20. The number of aliphatic carboxylic acids is 1. The van der Waals surface area contributed by atoms with Gasteiger partial charge in [-0.25, -0.2) is 9.78 Å². The Morgan fingerprint density at radius 3 is 2.89 bits per heavy atom. The van der Waals surface area contributed by atoms with Crippen molar-refractivity contribution in [2.45, 2.75) is 12.4 Å². The Labute approximate surface area is 123 Å². The van der Waals surface area contributed by atoms with Crippen LogP contribution < -0.4 is 4.74 Å². The number of hydrogen-bond acceptors (Lipinski definition) is 4. The van der Waals surface area contributed by atoms with E-state index < -0.39 is 11.4 Å². The summed E-state index contributed by atoms with van der Waals surface area (Å²) in [5, 5.41) is 9.99. The lowest BCUT2D eigenvalue weighted by molar-refractivity contribution is -0.141. The van der Waals surface area contributed by atoms with Crippen LogP contribution >= 0.6 is 27.7 Å². The van der Waals surface area contributed by atoms with Gasteiger partial charge in [0.25, 0.3) is 0 Å². The number of para-hydroxylation sites is 1. The number of carboxylic acid groups (broad SMARTS) is 1. The average molecular weight is 342 g/mol. The third kappa shape index (κ3) is 3.01. The number of halogens is 1. The van der Waals surface area contributed by atoms with Gasteiger partial charge in [0.2, 0.25) is 11.3 Å². The summed E-state index contributed by atoms with van der Waals surface area (Å²) in [6.45, 7) is 1.95. The number of carboxylic acids is 1. The zero-order valence-electron chi connectivity index (χ0n) is 10.4. The molecule has 0 saturated heterocycles. The standard InChI is InChI=1S/C13H12BrNO3S/c1-7-4-3-5-8-6-9(14)11(15-10(7)8)18-13(19-2)12(16)17/h3-6,13H,1-2H3,(H,16,17). The Bertz CT molecular complexity index is 633. The number of rotatable bonds is 4. The van der Waals surface area contributed by atoms with E-state index in [-0.39, 0.29) is 0 Å². The molecule has 1 N–H and O–H groups in total. The number of thioether (sulfide) groups is 1. The number of pyridine rings is 1. The average Bonchev–Trinajstić information content (AvgIpc) is 2.36. The summed E-state index contributed by atoms with van der Waals surface area (Å²) in [6.07, 6.45) is 1.68. The predicted molar refractivity (Wildman–Crippen MR) is 79.7 cm³/mol. The van der Waals surface area contributed by atoms with Crippen LogP contribution in [0.4, 0.5) is 0 Å². The Morgan fingerprint density at radius 1 is 1.53 bits per heavy atom. The van der Waals surface area contributed by atoms with Crippen LogP contribution in [0.3, 0.4) is 0 Å². The monoisotopic (exact) mass is 341 g/mol. The lowest BCUT2D eigenvalue weighted by Gasteiger charge is -2.14. The number of ether oxygens (including phenoxy) is 1. The Morgan fingerprint density at radius 2 is 2.26 bits per heavy atom. The molecule has 100 valence electrons. The summed E-state index contributed by atoms with van der Waals surface area (Å²) in [5.41, 5.74) is 0.863. The van der Waals surface area contributed by atoms with Crippen molar-refractivity contribution in [2.24, 2.45) is 0 Å². The molecule has 1 aromatic heterocycles. The number of hydrogen-bond donors (Lipinski definition) is 1. The molecule has 1 heterocycles. The van der Waals surface area contributed by atoms with Crippen molar-refractivity contribution in [3.05, 3.63) is 34.3 Å². The van der Waals surface area contributed by atoms with Gasteiger partial charge in [0, 0.05) is 5.39 Å². The lowest BCUT2D eigenvalue weighted by Crippen LogP contribution is -2.23. The third-order valence-electron chi connectivity index (χ3n) is 2.60. The van der Waals surface area contributed by atoms with E-state index in [4.69, 9.17) is 9.84 Å². The highest BCUT2D eigenvalue weighted by molar-refractivity contribution is 9.10. The molecule has 0 spiro atoms. The van der Waals surface area contributed by atoms with E-state index in [1.54, 1.807) is 6.26 Å². The largest absolute Gasteiger partial charge is 0.478 e. The molecule has 0 radical (unpaired) electrons. The molecule has 4 nitrogen and oxygen atoms in total. The molecular formula is C13H12BrNO3S. The molecule has 2 aromatic rings. The fraction of sp³-hybridized carbons (Fsp3) is 0.231. The van der Waals surface area contributed by atoms with Gasteiger partial charge in [0.15, 0.2) is 0 Å². The van der Waals surface area contributed by atoms with E-state index in [1.165, 1.54) is 0 Å². The minimum Gasteiger partial charge on any atom is -0.478 e. The van der Waals surface area contributed by atoms with Crippen molar-refractivity contribution >= 4 is 44.6 Å². The smallest absolute Gasteiger partial charge is 0.355 e. The Balaban J connectivity index is 2.46. The first-order valence-electron chi connectivity index (χ1n) is 5.51. The van der Waals surface area contributed by atoms with Crippen LogP contribution in [-0.2, 0) is 4.79 Å². The number of benzene rings is 1. The van der Waals surface area contributed by atoms with Crippen molar-refractivity contribution in [1.29, 1.82) is 0 Å². The van der Waals surface area contributed by atoms with Gasteiger partial charge in [-0.1, -0.05) is 18.2 Å². The molecule has 1 atom stereocenters. The zero-order chi connectivity index (χ0) is 14.0. The molecule has 0 aliphatic carbocycles. The second kappa shape index (κ2) is 5.79. The van der Waals surface area contributed by atoms with Gasteiger partial charge in [-0.05, 0) is 40.7 Å². The van der Waals surface area contributed by atoms with Crippen molar-refractivity contribution in [3.63, 3.8) is 0 Å². The first-order valence-corrected chi connectivity index (χ1v) is 7.59. The van der Waals surface area contributed by atoms with E-state index in [0.717, 1.165) is 28.2 Å². The van der Waals surface area contributed by atoms with Crippen LogP contribution in [-0.4, -0.2) is 27.8 Å². The maximum absolute atomic E-state index is 11.0. The van der Waals surface area contributed by atoms with E-state index in [1.807, 2.05) is 31.2 Å². The van der Waals surface area contributed by atoms with Crippen molar-refractivity contribution in [2.75, 3.05) is 6.26 Å². The summed E-state index contributed by atoms with van der Waals surface area (Å²) in [5.74, 6) is -0.727. The van der Waals surface area contributed by atoms with Gasteiger partial charge >= 0.3 is 5.97 Å². The van der Waals surface area contributed by atoms with Gasteiger partial charge in [0.05, 0.1) is 9.99 Å². The summed E-state index contributed by atoms with van der Waals surface area (Å²) in [4.78, 5) is 15.4. The third-order valence-corrected chi connectivity index (χ3v) is 3.90. The molecule has 0 amide bonds. The summed E-state index contributed by atoms with van der Waals surface area (Å²) in [6, 6.07) is 7.74. The topological polar surface area (TPSA) is 59.4 Å². The minimum absolute atomic E-state index is 0.295. The maximum atomic E-state index is 11.0. The van der Waals surface area contributed by atoms with Crippen molar-refractivity contribution in [1.82, 2.24) is 4.98 Å². The fourth-order valence-electron chi connectivity index (χ4n) is 1.69. The van der Waals surface area contributed by atoms with Crippen molar-refractivity contribution in [3.8, 4) is 5.88 Å². The van der Waals surface area contributed by atoms with Crippen LogP contribution in [0.15, 0.2) is 28.7 Å².